The predicted molar refractivity (Wildman–Crippen MR) is 69.2 cm³/mol. The lowest BCUT2D eigenvalue weighted by atomic mass is 10.3. The second-order valence-electron chi connectivity index (χ2n) is 3.10. The number of benzene rings is 1. The summed E-state index contributed by atoms with van der Waals surface area (Å²) in [5.41, 5.74) is 0.849. The van der Waals surface area contributed by atoms with Crippen molar-refractivity contribution < 1.29 is 0 Å². The van der Waals surface area contributed by atoms with Crippen molar-refractivity contribution in [2.24, 2.45) is 5.84 Å². The molecule has 1 aromatic heterocycles. The monoisotopic (exact) mass is 246 g/mol. The quantitative estimate of drug-likeness (QED) is 0.464. The van der Waals surface area contributed by atoms with Gasteiger partial charge in [0.25, 0.3) is 0 Å². The second kappa shape index (κ2) is 5.28. The van der Waals surface area contributed by atoms with Gasteiger partial charge in [-0.15, -0.1) is 0 Å². The molecule has 2 aromatic rings. The van der Waals surface area contributed by atoms with Gasteiger partial charge in [-0.05, 0) is 24.4 Å². The normalized spacial score (nSPS) is 9.71. The van der Waals surface area contributed by atoms with Gasteiger partial charge in [0.1, 0.15) is 12.7 Å². The van der Waals surface area contributed by atoms with Gasteiger partial charge in [-0.2, -0.15) is 9.97 Å². The second-order valence-corrected chi connectivity index (χ2v) is 3.49. The van der Waals surface area contributed by atoms with Crippen molar-refractivity contribution in [2.75, 3.05) is 10.3 Å². The van der Waals surface area contributed by atoms with Crippen molar-refractivity contribution in [3.8, 4) is 0 Å². The Bertz CT molecular complexity index is 489. The van der Waals surface area contributed by atoms with Crippen molar-refractivity contribution in [1.29, 1.82) is 0 Å². The van der Waals surface area contributed by atoms with Crippen molar-refractivity contribution in [3.05, 3.63) is 43.0 Å². The topological polar surface area (TPSA) is 80.0 Å². The third-order valence-electron chi connectivity index (χ3n) is 1.94. The smallest absolute Gasteiger partial charge is 0.249 e. The lowest BCUT2D eigenvalue weighted by molar-refractivity contribution is 0.965. The Morgan fingerprint density at radius 2 is 1.82 bits per heavy atom. The average molecular weight is 246 g/mol. The molecule has 0 unspecified atom stereocenters. The van der Waals surface area contributed by atoms with Crippen molar-refractivity contribution in [2.45, 2.75) is 0 Å². The molecule has 2 rings (SSSR count). The first-order valence-electron chi connectivity index (χ1n) is 4.80. The van der Waals surface area contributed by atoms with E-state index in [0.717, 1.165) is 5.69 Å². The highest BCUT2D eigenvalue weighted by molar-refractivity contribution is 7.80. The molecular formula is C10H10N6S. The fourth-order valence-corrected chi connectivity index (χ4v) is 1.35. The van der Waals surface area contributed by atoms with E-state index in [1.165, 1.54) is 17.7 Å². The molecule has 7 heteroatoms. The summed E-state index contributed by atoms with van der Waals surface area (Å²) < 4.78 is 0. The van der Waals surface area contributed by atoms with Crippen molar-refractivity contribution in [1.82, 2.24) is 15.0 Å². The van der Waals surface area contributed by atoms with E-state index in [1.54, 1.807) is 0 Å². The van der Waals surface area contributed by atoms with Gasteiger partial charge in [-0.1, -0.05) is 18.2 Å². The Kier molecular flexibility index (Phi) is 3.53. The molecule has 1 aromatic carbocycles. The SMILES string of the molecule is NN(C(=S)Nc1ccccc1)c1ncncn1. The van der Waals surface area contributed by atoms with Gasteiger partial charge in [0.15, 0.2) is 5.11 Å². The minimum absolute atomic E-state index is 0.286. The van der Waals surface area contributed by atoms with Crippen molar-refractivity contribution in [3.63, 3.8) is 0 Å². The van der Waals surface area contributed by atoms with E-state index in [4.69, 9.17) is 18.1 Å². The summed E-state index contributed by atoms with van der Waals surface area (Å²) in [7, 11) is 0. The van der Waals surface area contributed by atoms with Crippen LogP contribution in [0.4, 0.5) is 11.6 Å². The molecule has 6 nitrogen and oxygen atoms in total. The third-order valence-corrected chi connectivity index (χ3v) is 2.24. The number of nitrogens with one attached hydrogen (secondary N) is 1. The molecule has 0 aliphatic heterocycles. The Balaban J connectivity index is 2.06. The van der Waals surface area contributed by atoms with Crippen LogP contribution < -0.4 is 16.2 Å². The highest BCUT2D eigenvalue weighted by Gasteiger charge is 2.09. The fraction of sp³-hybridized carbons (Fsp3) is 0. The molecule has 86 valence electrons. The number of nitrogens with two attached hydrogens (primary N) is 1. The molecule has 1 heterocycles. The number of thiocarbonyl (C=S) groups is 1. The van der Waals surface area contributed by atoms with E-state index in [0.29, 0.717) is 5.11 Å². The summed E-state index contributed by atoms with van der Waals surface area (Å²) in [6.07, 6.45) is 2.71. The van der Waals surface area contributed by atoms with E-state index in [1.807, 2.05) is 30.3 Å². The zero-order chi connectivity index (χ0) is 12.1. The first-order valence-corrected chi connectivity index (χ1v) is 5.21. The van der Waals surface area contributed by atoms with Gasteiger partial charge in [-0.25, -0.2) is 15.8 Å². The summed E-state index contributed by atoms with van der Waals surface area (Å²) >= 11 is 5.13. The Morgan fingerprint density at radius 1 is 1.18 bits per heavy atom. The molecule has 0 aliphatic rings. The number of anilines is 2. The van der Waals surface area contributed by atoms with Crippen molar-refractivity contribution >= 4 is 29.0 Å². The van der Waals surface area contributed by atoms with Crippen LogP contribution in [0, 0.1) is 0 Å². The molecule has 0 radical (unpaired) electrons. The summed E-state index contributed by atoms with van der Waals surface area (Å²) in [5.74, 6) is 6.05. The van der Waals surface area contributed by atoms with E-state index >= 15 is 0 Å². The first kappa shape index (κ1) is 11.4. The number of hydrazine groups is 1. The number of hydrogen-bond acceptors (Lipinski definition) is 5. The number of rotatable bonds is 2. The summed E-state index contributed by atoms with van der Waals surface area (Å²) in [6.45, 7) is 0. The van der Waals surface area contributed by atoms with Crippen LogP contribution >= 0.6 is 12.2 Å². The molecule has 0 atom stereocenters. The maximum atomic E-state index is 5.76. The number of hydrogen-bond donors (Lipinski definition) is 2. The van der Waals surface area contributed by atoms with E-state index < -0.39 is 0 Å². The zero-order valence-electron chi connectivity index (χ0n) is 8.82. The maximum absolute atomic E-state index is 5.76. The highest BCUT2D eigenvalue weighted by atomic mass is 32.1. The molecule has 3 N–H and O–H groups in total. The lowest BCUT2D eigenvalue weighted by Gasteiger charge is -2.17. The van der Waals surface area contributed by atoms with Crippen LogP contribution in [-0.4, -0.2) is 20.1 Å². The minimum atomic E-state index is 0.286. The number of nitrogens with zero attached hydrogens (tertiary/aromatic N) is 4. The van der Waals surface area contributed by atoms with E-state index in [9.17, 15) is 0 Å². The fourth-order valence-electron chi connectivity index (χ4n) is 1.15. The number of aromatic nitrogens is 3. The Hall–Kier alpha value is -2.12. The minimum Gasteiger partial charge on any atom is -0.331 e. The molecule has 0 amide bonds. The standard InChI is InChI=1S/C10H10N6S/c11-16(9-13-6-12-7-14-9)10(17)15-8-4-2-1-3-5-8/h1-7H,11H2,(H,15,17). The van der Waals surface area contributed by atoms with Gasteiger partial charge in [0.2, 0.25) is 5.95 Å². The van der Waals surface area contributed by atoms with Crippen LogP contribution in [-0.2, 0) is 0 Å². The summed E-state index contributed by atoms with van der Waals surface area (Å²) in [4.78, 5) is 11.5. The average Bonchev–Trinajstić information content (AvgIpc) is 2.40. The van der Waals surface area contributed by atoms with Gasteiger partial charge >= 0.3 is 0 Å². The highest BCUT2D eigenvalue weighted by Crippen LogP contribution is 2.07. The Morgan fingerprint density at radius 3 is 2.47 bits per heavy atom. The molecular weight excluding hydrogens is 236 g/mol. The predicted octanol–water partition coefficient (Wildman–Crippen LogP) is 0.949. The van der Waals surface area contributed by atoms with Crippen LogP contribution in [0.3, 0.4) is 0 Å². The van der Waals surface area contributed by atoms with Crippen LogP contribution in [0.25, 0.3) is 0 Å². The molecule has 0 aliphatic carbocycles. The molecule has 0 bridgehead atoms. The molecule has 0 saturated carbocycles. The molecule has 0 spiro atoms. The lowest BCUT2D eigenvalue weighted by Crippen LogP contribution is -2.41. The maximum Gasteiger partial charge on any atom is 0.249 e. The van der Waals surface area contributed by atoms with E-state index in [-0.39, 0.29) is 5.95 Å². The van der Waals surface area contributed by atoms with Gasteiger partial charge < -0.3 is 5.32 Å². The van der Waals surface area contributed by atoms with Crippen LogP contribution in [0.2, 0.25) is 0 Å². The first-order chi connectivity index (χ1) is 8.27. The largest absolute Gasteiger partial charge is 0.331 e. The van der Waals surface area contributed by atoms with Gasteiger partial charge in [0, 0.05) is 5.69 Å². The van der Waals surface area contributed by atoms with E-state index in [2.05, 4.69) is 20.3 Å². The molecule has 17 heavy (non-hydrogen) atoms. The third kappa shape index (κ3) is 2.92. The molecule has 0 saturated heterocycles. The molecule has 0 fully saturated rings. The van der Waals surface area contributed by atoms with Gasteiger partial charge in [-0.3, -0.25) is 0 Å². The van der Waals surface area contributed by atoms with Crippen LogP contribution in [0.5, 0.6) is 0 Å². The van der Waals surface area contributed by atoms with Gasteiger partial charge in [0.05, 0.1) is 0 Å². The number of para-hydroxylation sites is 1. The summed E-state index contributed by atoms with van der Waals surface area (Å²) in [6, 6.07) is 9.48. The zero-order valence-corrected chi connectivity index (χ0v) is 9.63. The summed E-state index contributed by atoms with van der Waals surface area (Å²) in [5, 5.41) is 4.46. The Labute approximate surface area is 103 Å². The van der Waals surface area contributed by atoms with Crippen LogP contribution in [0.15, 0.2) is 43.0 Å². The van der Waals surface area contributed by atoms with Crippen LogP contribution in [0.1, 0.15) is 0 Å².